The van der Waals surface area contributed by atoms with Crippen LogP contribution in [-0.4, -0.2) is 50.7 Å². The summed E-state index contributed by atoms with van der Waals surface area (Å²) in [5.41, 5.74) is 11.9. The number of aromatic amines is 1. The van der Waals surface area contributed by atoms with Crippen LogP contribution >= 0.6 is 0 Å². The van der Waals surface area contributed by atoms with E-state index in [0.29, 0.717) is 25.0 Å². The monoisotopic (exact) mass is 604 g/mol. The van der Waals surface area contributed by atoms with Crippen LogP contribution in [0.3, 0.4) is 0 Å². The van der Waals surface area contributed by atoms with Gasteiger partial charge in [0.05, 0.1) is 19.5 Å². The molecule has 0 aliphatic rings. The maximum Gasteiger partial charge on any atom is 0.323 e. The van der Waals surface area contributed by atoms with Gasteiger partial charge in [-0.15, -0.1) is 0 Å². The molecule has 0 fully saturated rings. The van der Waals surface area contributed by atoms with Crippen molar-refractivity contribution in [1.82, 2.24) is 19.5 Å². The van der Waals surface area contributed by atoms with Gasteiger partial charge in [-0.3, -0.25) is 19.4 Å². The van der Waals surface area contributed by atoms with E-state index in [2.05, 4.69) is 21.9 Å². The molecule has 0 saturated carbocycles. The number of nitrogens with one attached hydrogen (secondary N) is 1. The topological polar surface area (TPSA) is 168 Å². The van der Waals surface area contributed by atoms with Gasteiger partial charge in [0, 0.05) is 18.9 Å². The Hall–Kier alpha value is -2.95. The van der Waals surface area contributed by atoms with Crippen molar-refractivity contribution in [3.05, 3.63) is 16.7 Å². The van der Waals surface area contributed by atoms with Gasteiger partial charge >= 0.3 is 11.9 Å². The van der Waals surface area contributed by atoms with E-state index in [4.69, 9.17) is 20.9 Å². The van der Waals surface area contributed by atoms with E-state index in [0.717, 1.165) is 25.7 Å². The Kier molecular flexibility index (Phi) is 17.6. The lowest BCUT2D eigenvalue weighted by atomic mass is 10.0. The summed E-state index contributed by atoms with van der Waals surface area (Å²) >= 11 is 0. The Morgan fingerprint density at radius 1 is 0.930 bits per heavy atom. The molecule has 11 nitrogen and oxygen atoms in total. The summed E-state index contributed by atoms with van der Waals surface area (Å²) in [4.78, 5) is 47.8. The molecule has 5 N–H and O–H groups in total. The summed E-state index contributed by atoms with van der Waals surface area (Å²) in [6, 6.07) is -0.708. The van der Waals surface area contributed by atoms with Crippen molar-refractivity contribution in [3.63, 3.8) is 0 Å². The third-order valence-corrected chi connectivity index (χ3v) is 8.23. The fourth-order valence-electron chi connectivity index (χ4n) is 5.02. The van der Waals surface area contributed by atoms with E-state index in [1.807, 2.05) is 13.8 Å². The van der Waals surface area contributed by atoms with E-state index in [1.54, 1.807) is 4.57 Å². The number of aromatic nitrogens is 4. The van der Waals surface area contributed by atoms with E-state index < -0.39 is 17.6 Å². The van der Waals surface area contributed by atoms with Gasteiger partial charge in [0.25, 0.3) is 5.56 Å². The first kappa shape index (κ1) is 36.2. The van der Waals surface area contributed by atoms with E-state index in [9.17, 15) is 14.4 Å². The zero-order valence-corrected chi connectivity index (χ0v) is 26.8. The molecule has 244 valence electrons. The Labute approximate surface area is 256 Å². The number of imidazole rings is 1. The van der Waals surface area contributed by atoms with Crippen molar-refractivity contribution in [2.24, 2.45) is 17.6 Å². The Morgan fingerprint density at radius 3 is 2.12 bits per heavy atom. The minimum atomic E-state index is -0.708. The van der Waals surface area contributed by atoms with Crippen LogP contribution in [-0.2, 0) is 25.6 Å². The van der Waals surface area contributed by atoms with Gasteiger partial charge in [0.2, 0.25) is 5.95 Å². The number of nitrogens with two attached hydrogens (primary N) is 2. The number of nitrogens with zero attached hydrogens (tertiary/aromatic N) is 3. The predicted molar refractivity (Wildman–Crippen MR) is 170 cm³/mol. The Morgan fingerprint density at radius 2 is 1.51 bits per heavy atom. The second-order valence-corrected chi connectivity index (χ2v) is 11.9. The fourth-order valence-corrected chi connectivity index (χ4v) is 5.02. The molecule has 2 aromatic rings. The lowest BCUT2D eigenvalue weighted by molar-refractivity contribution is -0.151. The molecule has 0 aliphatic heterocycles. The molecule has 2 rings (SSSR count). The van der Waals surface area contributed by atoms with Crippen molar-refractivity contribution in [1.29, 1.82) is 0 Å². The standard InChI is InChI=1S/C32H56N6O5/c1-4-6-7-8-9-10-11-12-13-14-15-16-17-18-26(39)42-21-25(22-43-31(41)27(33)24(3)5-2)19-20-38-23-35-28-29(38)36-32(34)37-30(28)40/h23-25,27H,4-22,33H2,1-3H3,(H3,34,36,37,40)/t24?,25?,27-/m0/s1. The van der Waals surface area contributed by atoms with Crippen molar-refractivity contribution in [2.45, 2.75) is 136 Å². The first-order valence-corrected chi connectivity index (χ1v) is 16.5. The predicted octanol–water partition coefficient (Wildman–Crippen LogP) is 5.65. The molecule has 43 heavy (non-hydrogen) atoms. The van der Waals surface area contributed by atoms with E-state index in [1.165, 1.54) is 70.5 Å². The SMILES string of the molecule is CCCCCCCCCCCCCCCC(=O)OCC(CCn1cnc2c(=O)[nH]c(N)nc21)COC(=O)[C@@H](N)C(C)CC. The minimum Gasteiger partial charge on any atom is -0.465 e. The van der Waals surface area contributed by atoms with E-state index in [-0.39, 0.29) is 42.5 Å². The summed E-state index contributed by atoms with van der Waals surface area (Å²) in [6.07, 6.45) is 19.4. The molecule has 0 bridgehead atoms. The van der Waals surface area contributed by atoms with Crippen molar-refractivity contribution >= 4 is 29.1 Å². The Balaban J connectivity index is 1.74. The fraction of sp³-hybridized carbons (Fsp3) is 0.781. The van der Waals surface area contributed by atoms with E-state index >= 15 is 0 Å². The number of esters is 2. The maximum absolute atomic E-state index is 12.5. The third-order valence-electron chi connectivity index (χ3n) is 8.23. The Bertz CT molecular complexity index is 1130. The minimum absolute atomic E-state index is 0.00367. The molecular weight excluding hydrogens is 548 g/mol. The summed E-state index contributed by atoms with van der Waals surface area (Å²) in [5.74, 6) is -0.973. The summed E-state index contributed by atoms with van der Waals surface area (Å²) < 4.78 is 12.8. The zero-order valence-electron chi connectivity index (χ0n) is 26.8. The van der Waals surface area contributed by atoms with Crippen molar-refractivity contribution in [2.75, 3.05) is 18.9 Å². The average Bonchev–Trinajstić information content (AvgIpc) is 3.40. The summed E-state index contributed by atoms with van der Waals surface area (Å²) in [6.45, 7) is 6.73. The molecule has 0 spiro atoms. The average molecular weight is 605 g/mol. The van der Waals surface area contributed by atoms with Gasteiger partial charge in [0.1, 0.15) is 6.04 Å². The van der Waals surface area contributed by atoms with Gasteiger partial charge in [-0.1, -0.05) is 104 Å². The molecule has 0 saturated heterocycles. The third kappa shape index (κ3) is 13.9. The highest BCUT2D eigenvalue weighted by atomic mass is 16.5. The normalized spacial score (nSPS) is 13.6. The van der Waals surface area contributed by atoms with Gasteiger partial charge in [0.15, 0.2) is 11.2 Å². The first-order chi connectivity index (χ1) is 20.8. The maximum atomic E-state index is 12.5. The number of unbranched alkanes of at least 4 members (excludes halogenated alkanes) is 12. The van der Waals surface area contributed by atoms with Gasteiger partial charge in [-0.2, -0.15) is 4.98 Å². The summed E-state index contributed by atoms with van der Waals surface area (Å²) in [5, 5.41) is 0. The van der Waals surface area contributed by atoms with Crippen LogP contribution in [0.1, 0.15) is 124 Å². The van der Waals surface area contributed by atoms with Crippen LogP contribution in [0, 0.1) is 11.8 Å². The molecule has 3 atom stereocenters. The molecule has 2 heterocycles. The van der Waals surface area contributed by atoms with Crippen LogP contribution in [0.5, 0.6) is 0 Å². The number of nitrogen functional groups attached to an aromatic ring is 1. The van der Waals surface area contributed by atoms with Gasteiger partial charge in [-0.25, -0.2) is 4.98 Å². The number of hydrogen-bond donors (Lipinski definition) is 3. The molecular formula is C32H56N6O5. The zero-order chi connectivity index (χ0) is 31.5. The number of anilines is 1. The molecule has 0 aliphatic carbocycles. The number of hydrogen-bond acceptors (Lipinski definition) is 9. The lowest BCUT2D eigenvalue weighted by Gasteiger charge is -2.21. The van der Waals surface area contributed by atoms with Crippen molar-refractivity contribution in [3.8, 4) is 0 Å². The second-order valence-electron chi connectivity index (χ2n) is 11.9. The molecule has 2 aromatic heterocycles. The highest BCUT2D eigenvalue weighted by molar-refractivity contribution is 5.75. The number of H-pyrrole nitrogens is 1. The summed E-state index contributed by atoms with van der Waals surface area (Å²) in [7, 11) is 0. The smallest absolute Gasteiger partial charge is 0.323 e. The number of aryl methyl sites for hydroxylation is 1. The molecule has 0 amide bonds. The number of carbonyl (C=O) groups excluding carboxylic acids is 2. The largest absolute Gasteiger partial charge is 0.465 e. The molecule has 11 heteroatoms. The second kappa shape index (κ2) is 20.9. The number of carbonyl (C=O) groups is 2. The van der Waals surface area contributed by atoms with Gasteiger partial charge < -0.3 is 25.5 Å². The number of rotatable bonds is 24. The highest BCUT2D eigenvalue weighted by Gasteiger charge is 2.23. The molecule has 0 aromatic carbocycles. The molecule has 2 unspecified atom stereocenters. The first-order valence-electron chi connectivity index (χ1n) is 16.5. The van der Waals surface area contributed by atoms with Crippen LogP contribution in [0.4, 0.5) is 5.95 Å². The van der Waals surface area contributed by atoms with Crippen LogP contribution in [0.15, 0.2) is 11.1 Å². The van der Waals surface area contributed by atoms with Crippen molar-refractivity contribution < 1.29 is 19.1 Å². The highest BCUT2D eigenvalue weighted by Crippen LogP contribution is 2.16. The van der Waals surface area contributed by atoms with Crippen LogP contribution in [0.25, 0.3) is 11.2 Å². The van der Waals surface area contributed by atoms with Gasteiger partial charge in [-0.05, 0) is 18.8 Å². The van der Waals surface area contributed by atoms with Crippen LogP contribution in [0.2, 0.25) is 0 Å². The molecule has 0 radical (unpaired) electrons. The lowest BCUT2D eigenvalue weighted by Crippen LogP contribution is -2.39. The quantitative estimate of drug-likeness (QED) is 0.101. The number of fused-ring (bicyclic) bond motifs is 1. The number of ether oxygens (including phenoxy) is 2. The van der Waals surface area contributed by atoms with Crippen LogP contribution < -0.4 is 17.0 Å².